The Morgan fingerprint density at radius 3 is 1.93 bits per heavy atom. The molecule has 144 valence electrons. The molecule has 0 fully saturated rings. The van der Waals surface area contributed by atoms with E-state index in [0.29, 0.717) is 34.3 Å². The maximum atomic E-state index is 12.4. The summed E-state index contributed by atoms with van der Waals surface area (Å²) in [6.45, 7) is 0. The predicted octanol–water partition coefficient (Wildman–Crippen LogP) is 2.49. The Labute approximate surface area is 157 Å². The molecule has 8 nitrogen and oxygen atoms in total. The largest absolute Gasteiger partial charge is 0.493 e. The fourth-order valence-corrected chi connectivity index (χ4v) is 2.38. The fourth-order valence-electron chi connectivity index (χ4n) is 2.38. The Balaban J connectivity index is 2.17. The van der Waals surface area contributed by atoms with Crippen molar-refractivity contribution in [3.8, 4) is 28.7 Å². The third-order valence-corrected chi connectivity index (χ3v) is 3.71. The molecular formula is C19H22N2O6. The van der Waals surface area contributed by atoms with Crippen molar-refractivity contribution in [3.63, 3.8) is 0 Å². The van der Waals surface area contributed by atoms with Gasteiger partial charge in [-0.05, 0) is 35.9 Å². The quantitative estimate of drug-likeness (QED) is 0.564. The smallest absolute Gasteiger partial charge is 0.271 e. The van der Waals surface area contributed by atoms with Crippen LogP contribution in [0.2, 0.25) is 0 Å². The van der Waals surface area contributed by atoms with Gasteiger partial charge in [-0.15, -0.1) is 0 Å². The summed E-state index contributed by atoms with van der Waals surface area (Å²) in [4.78, 5) is 12.4. The van der Waals surface area contributed by atoms with Crippen molar-refractivity contribution >= 4 is 12.1 Å². The zero-order valence-corrected chi connectivity index (χ0v) is 15.9. The van der Waals surface area contributed by atoms with Crippen LogP contribution < -0.4 is 29.1 Å². The number of carbonyl (C=O) groups excluding carboxylic acids is 1. The lowest BCUT2D eigenvalue weighted by Crippen LogP contribution is -2.18. The van der Waals surface area contributed by atoms with E-state index in [1.807, 2.05) is 0 Å². The van der Waals surface area contributed by atoms with Gasteiger partial charge in [0.15, 0.2) is 23.0 Å². The van der Waals surface area contributed by atoms with Crippen LogP contribution in [-0.4, -0.2) is 47.7 Å². The average molecular weight is 374 g/mol. The number of hydrogen-bond donors (Lipinski definition) is 1. The normalized spacial score (nSPS) is 10.4. The lowest BCUT2D eigenvalue weighted by atomic mass is 10.1. The van der Waals surface area contributed by atoms with Gasteiger partial charge >= 0.3 is 0 Å². The first-order chi connectivity index (χ1) is 13.1. The summed E-state index contributed by atoms with van der Waals surface area (Å²) in [6.07, 6.45) is 1.50. The van der Waals surface area contributed by atoms with Gasteiger partial charge in [-0.25, -0.2) is 5.43 Å². The van der Waals surface area contributed by atoms with Crippen molar-refractivity contribution in [1.29, 1.82) is 0 Å². The van der Waals surface area contributed by atoms with Crippen LogP contribution >= 0.6 is 0 Å². The number of nitrogens with one attached hydrogen (secondary N) is 1. The highest BCUT2D eigenvalue weighted by Gasteiger charge is 2.16. The van der Waals surface area contributed by atoms with E-state index in [9.17, 15) is 4.79 Å². The molecule has 1 amide bonds. The number of methoxy groups -OCH3 is 5. The van der Waals surface area contributed by atoms with Crippen LogP contribution in [0.15, 0.2) is 35.4 Å². The van der Waals surface area contributed by atoms with Gasteiger partial charge in [0.25, 0.3) is 5.91 Å². The van der Waals surface area contributed by atoms with Gasteiger partial charge < -0.3 is 23.7 Å². The maximum absolute atomic E-state index is 12.4. The molecule has 0 heterocycles. The first-order valence-electron chi connectivity index (χ1n) is 7.93. The monoisotopic (exact) mass is 374 g/mol. The Kier molecular flexibility index (Phi) is 6.87. The molecule has 0 bridgehead atoms. The van der Waals surface area contributed by atoms with Crippen LogP contribution in [0.5, 0.6) is 28.7 Å². The number of rotatable bonds is 8. The lowest BCUT2D eigenvalue weighted by molar-refractivity contribution is 0.0954. The van der Waals surface area contributed by atoms with Crippen LogP contribution in [0, 0.1) is 0 Å². The fraction of sp³-hybridized carbons (Fsp3) is 0.263. The van der Waals surface area contributed by atoms with E-state index in [2.05, 4.69) is 10.5 Å². The molecule has 1 N–H and O–H groups in total. The highest BCUT2D eigenvalue weighted by atomic mass is 16.5. The summed E-state index contributed by atoms with van der Waals surface area (Å²) < 4.78 is 26.1. The first-order valence-corrected chi connectivity index (χ1v) is 7.93. The molecule has 0 aliphatic rings. The topological polar surface area (TPSA) is 87.6 Å². The van der Waals surface area contributed by atoms with Crippen molar-refractivity contribution in [1.82, 2.24) is 5.43 Å². The van der Waals surface area contributed by atoms with Crippen LogP contribution in [-0.2, 0) is 0 Å². The van der Waals surface area contributed by atoms with E-state index < -0.39 is 5.91 Å². The first kappa shape index (κ1) is 19.9. The molecule has 8 heteroatoms. The van der Waals surface area contributed by atoms with E-state index in [1.54, 1.807) is 44.6 Å². The Bertz CT molecular complexity index is 810. The van der Waals surface area contributed by atoms with Gasteiger partial charge in [-0.3, -0.25) is 4.79 Å². The number of nitrogens with zero attached hydrogens (tertiary/aromatic N) is 1. The minimum absolute atomic E-state index is 0.314. The number of hydrazone groups is 1. The minimum Gasteiger partial charge on any atom is -0.493 e. The third kappa shape index (κ3) is 4.60. The summed E-state index contributed by atoms with van der Waals surface area (Å²) >= 11 is 0. The second kappa shape index (κ2) is 9.33. The Morgan fingerprint density at radius 1 is 0.815 bits per heavy atom. The standard InChI is InChI=1S/C19H22N2O6/c1-23-14-7-6-12(8-15(14)24-2)11-20-21-19(22)13-9-16(25-3)18(27-5)17(10-13)26-4/h6-11H,1-5H3,(H,21,22)/b20-11+. The maximum Gasteiger partial charge on any atom is 0.271 e. The molecule has 0 unspecified atom stereocenters. The van der Waals surface area contributed by atoms with E-state index >= 15 is 0 Å². The van der Waals surface area contributed by atoms with Gasteiger partial charge in [0, 0.05) is 5.56 Å². The van der Waals surface area contributed by atoms with E-state index in [4.69, 9.17) is 23.7 Å². The number of benzene rings is 2. The molecule has 0 aromatic heterocycles. The number of ether oxygens (including phenoxy) is 5. The van der Waals surface area contributed by atoms with Gasteiger partial charge in [-0.1, -0.05) is 0 Å². The van der Waals surface area contributed by atoms with Crippen molar-refractivity contribution < 1.29 is 28.5 Å². The predicted molar refractivity (Wildman–Crippen MR) is 101 cm³/mol. The summed E-state index contributed by atoms with van der Waals surface area (Å²) in [5, 5.41) is 3.97. The summed E-state index contributed by atoms with van der Waals surface area (Å²) in [5.74, 6) is 1.92. The molecule has 27 heavy (non-hydrogen) atoms. The molecule has 2 aromatic carbocycles. The zero-order chi connectivity index (χ0) is 19.8. The van der Waals surface area contributed by atoms with E-state index in [1.165, 1.54) is 27.5 Å². The van der Waals surface area contributed by atoms with Crippen LogP contribution in [0.1, 0.15) is 15.9 Å². The molecule has 0 saturated carbocycles. The molecule has 0 atom stereocenters. The average Bonchev–Trinajstić information content (AvgIpc) is 2.72. The number of hydrogen-bond acceptors (Lipinski definition) is 7. The second-order valence-corrected chi connectivity index (χ2v) is 5.23. The second-order valence-electron chi connectivity index (χ2n) is 5.23. The van der Waals surface area contributed by atoms with E-state index in [-0.39, 0.29) is 0 Å². The number of carbonyl (C=O) groups is 1. The summed E-state index contributed by atoms with van der Waals surface area (Å²) in [6, 6.07) is 8.37. The SMILES string of the molecule is COc1ccc(/C=N/NC(=O)c2cc(OC)c(OC)c(OC)c2)cc1OC. The number of amides is 1. The zero-order valence-electron chi connectivity index (χ0n) is 15.9. The molecule has 0 saturated heterocycles. The summed E-state index contributed by atoms with van der Waals surface area (Å²) in [7, 11) is 7.56. The van der Waals surface area contributed by atoms with Gasteiger partial charge in [0.05, 0.1) is 41.8 Å². The van der Waals surface area contributed by atoms with Gasteiger partial charge in [0.1, 0.15) is 0 Å². The van der Waals surface area contributed by atoms with Crippen molar-refractivity contribution in [2.75, 3.05) is 35.5 Å². The Morgan fingerprint density at radius 2 is 1.41 bits per heavy atom. The Hall–Kier alpha value is -3.42. The molecular weight excluding hydrogens is 352 g/mol. The van der Waals surface area contributed by atoms with Gasteiger partial charge in [-0.2, -0.15) is 5.10 Å². The molecule has 0 aliphatic heterocycles. The molecule has 0 aliphatic carbocycles. The van der Waals surface area contributed by atoms with Crippen LogP contribution in [0.25, 0.3) is 0 Å². The molecule has 0 radical (unpaired) electrons. The minimum atomic E-state index is -0.425. The molecule has 2 rings (SSSR count). The molecule has 2 aromatic rings. The van der Waals surface area contributed by atoms with Crippen LogP contribution in [0.4, 0.5) is 0 Å². The van der Waals surface area contributed by atoms with E-state index in [0.717, 1.165) is 5.56 Å². The summed E-state index contributed by atoms with van der Waals surface area (Å²) in [5.41, 5.74) is 3.51. The van der Waals surface area contributed by atoms with Crippen LogP contribution in [0.3, 0.4) is 0 Å². The van der Waals surface area contributed by atoms with Crippen molar-refractivity contribution in [2.24, 2.45) is 5.10 Å². The lowest BCUT2D eigenvalue weighted by Gasteiger charge is -2.13. The third-order valence-electron chi connectivity index (χ3n) is 3.71. The highest BCUT2D eigenvalue weighted by Crippen LogP contribution is 2.38. The van der Waals surface area contributed by atoms with Crippen molar-refractivity contribution in [3.05, 3.63) is 41.5 Å². The van der Waals surface area contributed by atoms with Crippen molar-refractivity contribution in [2.45, 2.75) is 0 Å². The highest BCUT2D eigenvalue weighted by molar-refractivity contribution is 5.96. The van der Waals surface area contributed by atoms with Gasteiger partial charge in [0.2, 0.25) is 5.75 Å². The molecule has 0 spiro atoms.